The van der Waals surface area contributed by atoms with Gasteiger partial charge in [0.15, 0.2) is 6.29 Å². The summed E-state index contributed by atoms with van der Waals surface area (Å²) in [5, 5.41) is 18.6. The SMILES string of the molecule is O=Cc1ccc2c(c1O)CCN(C(=O)O)C2. The molecule has 2 N–H and O–H groups in total. The minimum Gasteiger partial charge on any atom is -0.507 e. The van der Waals surface area contributed by atoms with E-state index < -0.39 is 6.09 Å². The van der Waals surface area contributed by atoms with Crippen LogP contribution in [0.5, 0.6) is 5.75 Å². The number of phenolic OH excluding ortho intramolecular Hbond substituents is 1. The van der Waals surface area contributed by atoms with Crippen molar-refractivity contribution in [2.75, 3.05) is 6.54 Å². The number of aromatic hydroxyl groups is 1. The third kappa shape index (κ3) is 1.60. The van der Waals surface area contributed by atoms with E-state index in [2.05, 4.69) is 0 Å². The molecule has 1 aromatic carbocycles. The van der Waals surface area contributed by atoms with Crippen LogP contribution in [0.3, 0.4) is 0 Å². The van der Waals surface area contributed by atoms with Crippen molar-refractivity contribution < 1.29 is 19.8 Å². The molecule has 1 aromatic rings. The monoisotopic (exact) mass is 221 g/mol. The Labute approximate surface area is 91.9 Å². The van der Waals surface area contributed by atoms with Gasteiger partial charge in [0.05, 0.1) is 5.56 Å². The molecule has 5 nitrogen and oxygen atoms in total. The number of carbonyl (C=O) groups excluding carboxylic acids is 1. The first-order chi connectivity index (χ1) is 7.63. The second-order valence-electron chi connectivity index (χ2n) is 3.71. The Morgan fingerprint density at radius 3 is 2.81 bits per heavy atom. The molecule has 0 aliphatic carbocycles. The van der Waals surface area contributed by atoms with E-state index in [9.17, 15) is 14.7 Å². The standard InChI is InChI=1S/C11H11NO4/c13-6-8-2-1-7-5-12(11(15)16)4-3-9(7)10(8)14/h1-2,6,14H,3-5H2,(H,15,16). The molecule has 5 heteroatoms. The Hall–Kier alpha value is -2.04. The van der Waals surface area contributed by atoms with E-state index in [0.717, 1.165) is 5.56 Å². The number of phenols is 1. The molecule has 0 aromatic heterocycles. The van der Waals surface area contributed by atoms with Gasteiger partial charge in [-0.15, -0.1) is 0 Å². The zero-order valence-electron chi connectivity index (χ0n) is 8.51. The van der Waals surface area contributed by atoms with Crippen LogP contribution in [0.2, 0.25) is 0 Å². The topological polar surface area (TPSA) is 77.8 Å². The summed E-state index contributed by atoms with van der Waals surface area (Å²) in [6.07, 6.45) is 0.0681. The number of amides is 1. The largest absolute Gasteiger partial charge is 0.507 e. The van der Waals surface area contributed by atoms with Crippen LogP contribution >= 0.6 is 0 Å². The maximum atomic E-state index is 10.8. The molecule has 0 spiro atoms. The predicted molar refractivity (Wildman–Crippen MR) is 55.6 cm³/mol. The molecule has 0 saturated carbocycles. The van der Waals surface area contributed by atoms with E-state index in [-0.39, 0.29) is 17.9 Å². The van der Waals surface area contributed by atoms with Crippen LogP contribution < -0.4 is 0 Å². The number of hydrogen-bond donors (Lipinski definition) is 2. The van der Waals surface area contributed by atoms with Crippen LogP contribution in [0.25, 0.3) is 0 Å². The lowest BCUT2D eigenvalue weighted by Crippen LogP contribution is -2.34. The van der Waals surface area contributed by atoms with E-state index in [4.69, 9.17) is 5.11 Å². The zero-order chi connectivity index (χ0) is 11.7. The Morgan fingerprint density at radius 1 is 1.44 bits per heavy atom. The van der Waals surface area contributed by atoms with Crippen molar-refractivity contribution >= 4 is 12.4 Å². The van der Waals surface area contributed by atoms with Crippen molar-refractivity contribution in [2.45, 2.75) is 13.0 Å². The number of benzene rings is 1. The molecule has 84 valence electrons. The van der Waals surface area contributed by atoms with E-state index in [1.807, 2.05) is 0 Å². The van der Waals surface area contributed by atoms with Crippen LogP contribution in [-0.4, -0.2) is 34.0 Å². The zero-order valence-corrected chi connectivity index (χ0v) is 8.51. The van der Waals surface area contributed by atoms with Gasteiger partial charge in [-0.25, -0.2) is 4.79 Å². The van der Waals surface area contributed by atoms with Crippen molar-refractivity contribution in [3.63, 3.8) is 0 Å². The van der Waals surface area contributed by atoms with Gasteiger partial charge in [-0.3, -0.25) is 4.79 Å². The molecule has 1 aliphatic heterocycles. The number of nitrogens with zero attached hydrogens (tertiary/aromatic N) is 1. The highest BCUT2D eigenvalue weighted by Crippen LogP contribution is 2.29. The van der Waals surface area contributed by atoms with E-state index >= 15 is 0 Å². The molecule has 0 fully saturated rings. The summed E-state index contributed by atoms with van der Waals surface area (Å²) >= 11 is 0. The van der Waals surface area contributed by atoms with Gasteiger partial charge in [0, 0.05) is 18.7 Å². The number of aldehydes is 1. The summed E-state index contributed by atoms with van der Waals surface area (Å²) in [6, 6.07) is 3.19. The molecule has 0 bridgehead atoms. The van der Waals surface area contributed by atoms with Gasteiger partial charge in [0.1, 0.15) is 5.75 Å². The lowest BCUT2D eigenvalue weighted by molar-refractivity contribution is 0.111. The quantitative estimate of drug-likeness (QED) is 0.699. The molecule has 2 rings (SSSR count). The number of carboxylic acid groups (broad SMARTS) is 1. The van der Waals surface area contributed by atoms with E-state index in [1.54, 1.807) is 6.07 Å². The Morgan fingerprint density at radius 2 is 2.19 bits per heavy atom. The van der Waals surface area contributed by atoms with Gasteiger partial charge < -0.3 is 15.1 Å². The average molecular weight is 221 g/mol. The van der Waals surface area contributed by atoms with Crippen LogP contribution in [0.4, 0.5) is 4.79 Å². The molecular formula is C11H11NO4. The highest BCUT2D eigenvalue weighted by atomic mass is 16.4. The van der Waals surface area contributed by atoms with Crippen molar-refractivity contribution in [3.05, 3.63) is 28.8 Å². The molecule has 1 heterocycles. The number of rotatable bonds is 1. The van der Waals surface area contributed by atoms with Crippen molar-refractivity contribution in [2.24, 2.45) is 0 Å². The predicted octanol–water partition coefficient (Wildman–Crippen LogP) is 1.24. The summed E-state index contributed by atoms with van der Waals surface area (Å²) in [4.78, 5) is 22.7. The minimum absolute atomic E-state index is 0.0162. The fraction of sp³-hybridized carbons (Fsp3) is 0.273. The Balaban J connectivity index is 2.38. The van der Waals surface area contributed by atoms with Gasteiger partial charge in [0.25, 0.3) is 0 Å². The molecule has 0 unspecified atom stereocenters. The normalized spacial score (nSPS) is 14.4. The molecule has 0 atom stereocenters. The first kappa shape index (κ1) is 10.5. The highest BCUT2D eigenvalue weighted by molar-refractivity contribution is 5.80. The molecule has 16 heavy (non-hydrogen) atoms. The van der Waals surface area contributed by atoms with Crippen LogP contribution in [-0.2, 0) is 13.0 Å². The summed E-state index contributed by atoms with van der Waals surface area (Å²) in [5.74, 6) is -0.0162. The first-order valence-corrected chi connectivity index (χ1v) is 4.90. The summed E-state index contributed by atoms with van der Waals surface area (Å²) < 4.78 is 0. The number of carbonyl (C=O) groups is 2. The fourth-order valence-corrected chi connectivity index (χ4v) is 1.91. The smallest absolute Gasteiger partial charge is 0.407 e. The maximum absolute atomic E-state index is 10.8. The Bertz CT molecular complexity index is 456. The summed E-state index contributed by atoms with van der Waals surface area (Å²) in [7, 11) is 0. The second kappa shape index (κ2) is 3.84. The van der Waals surface area contributed by atoms with Gasteiger partial charge in [0.2, 0.25) is 0 Å². The molecule has 1 amide bonds. The van der Waals surface area contributed by atoms with Crippen LogP contribution in [0.1, 0.15) is 21.5 Å². The molecular weight excluding hydrogens is 210 g/mol. The van der Waals surface area contributed by atoms with Gasteiger partial charge in [-0.1, -0.05) is 6.07 Å². The third-order valence-electron chi connectivity index (χ3n) is 2.80. The first-order valence-electron chi connectivity index (χ1n) is 4.90. The van der Waals surface area contributed by atoms with E-state index in [0.29, 0.717) is 24.8 Å². The molecule has 0 saturated heterocycles. The highest BCUT2D eigenvalue weighted by Gasteiger charge is 2.23. The second-order valence-corrected chi connectivity index (χ2v) is 3.71. The fourth-order valence-electron chi connectivity index (χ4n) is 1.91. The summed E-state index contributed by atoms with van der Waals surface area (Å²) in [6.45, 7) is 0.607. The Kier molecular flexibility index (Phi) is 2.52. The van der Waals surface area contributed by atoms with Crippen LogP contribution in [0.15, 0.2) is 12.1 Å². The van der Waals surface area contributed by atoms with E-state index in [1.165, 1.54) is 11.0 Å². The van der Waals surface area contributed by atoms with Crippen LogP contribution in [0, 0.1) is 0 Å². The maximum Gasteiger partial charge on any atom is 0.407 e. The third-order valence-corrected chi connectivity index (χ3v) is 2.80. The van der Waals surface area contributed by atoms with Crippen molar-refractivity contribution in [1.29, 1.82) is 0 Å². The van der Waals surface area contributed by atoms with Crippen molar-refractivity contribution in [3.8, 4) is 5.75 Å². The molecule has 0 radical (unpaired) electrons. The van der Waals surface area contributed by atoms with Gasteiger partial charge >= 0.3 is 6.09 Å². The lowest BCUT2D eigenvalue weighted by Gasteiger charge is -2.27. The summed E-state index contributed by atoms with van der Waals surface area (Å²) in [5.41, 5.74) is 1.70. The average Bonchev–Trinajstić information content (AvgIpc) is 2.29. The van der Waals surface area contributed by atoms with Crippen molar-refractivity contribution in [1.82, 2.24) is 4.90 Å². The van der Waals surface area contributed by atoms with Gasteiger partial charge in [-0.2, -0.15) is 0 Å². The minimum atomic E-state index is -0.968. The lowest BCUT2D eigenvalue weighted by atomic mass is 9.96. The van der Waals surface area contributed by atoms with Gasteiger partial charge in [-0.05, 0) is 18.1 Å². The number of hydrogen-bond acceptors (Lipinski definition) is 3. The number of fused-ring (bicyclic) bond motifs is 1. The molecule has 1 aliphatic rings.